The summed E-state index contributed by atoms with van der Waals surface area (Å²) in [6, 6.07) is -0.00910. The predicted octanol–water partition coefficient (Wildman–Crippen LogP) is -0.829. The molecule has 0 aromatic carbocycles. The van der Waals surface area contributed by atoms with Crippen molar-refractivity contribution in [3.63, 3.8) is 0 Å². The number of anilines is 1. The van der Waals surface area contributed by atoms with Gasteiger partial charge in [0.2, 0.25) is 11.8 Å². The summed E-state index contributed by atoms with van der Waals surface area (Å²) in [6.45, 7) is 0.946. The molecule has 0 saturated carbocycles. The molecule has 1 aromatic heterocycles. The van der Waals surface area contributed by atoms with Gasteiger partial charge in [-0.15, -0.1) is 5.10 Å². The van der Waals surface area contributed by atoms with Crippen molar-refractivity contribution in [2.24, 2.45) is 5.73 Å². The zero-order valence-corrected chi connectivity index (χ0v) is 8.43. The Morgan fingerprint density at radius 1 is 1.67 bits per heavy atom. The second-order valence-electron chi connectivity index (χ2n) is 3.45. The third kappa shape index (κ3) is 1.91. The van der Waals surface area contributed by atoms with E-state index in [1.807, 2.05) is 0 Å². The highest BCUT2D eigenvalue weighted by Crippen LogP contribution is 2.14. The molecule has 1 saturated heterocycles. The van der Waals surface area contributed by atoms with Gasteiger partial charge in [-0.1, -0.05) is 5.10 Å². The number of amides is 1. The van der Waals surface area contributed by atoms with Gasteiger partial charge in [0, 0.05) is 13.6 Å². The van der Waals surface area contributed by atoms with Crippen LogP contribution in [0, 0.1) is 0 Å². The molecular weight excluding hydrogens is 198 g/mol. The van der Waals surface area contributed by atoms with E-state index >= 15 is 0 Å². The third-order valence-electron chi connectivity index (χ3n) is 2.37. The molecule has 1 aromatic rings. The fourth-order valence-corrected chi connectivity index (χ4v) is 1.50. The number of rotatable bonds is 3. The number of nitrogens with two attached hydrogens (primary N) is 1. The molecule has 1 aliphatic rings. The van der Waals surface area contributed by atoms with Crippen molar-refractivity contribution < 1.29 is 9.21 Å². The van der Waals surface area contributed by atoms with Crippen molar-refractivity contribution in [2.75, 3.05) is 18.9 Å². The second-order valence-corrected chi connectivity index (χ2v) is 3.45. The van der Waals surface area contributed by atoms with Crippen LogP contribution in [0.5, 0.6) is 0 Å². The Morgan fingerprint density at radius 2 is 2.47 bits per heavy atom. The van der Waals surface area contributed by atoms with E-state index in [9.17, 15) is 4.79 Å². The number of carbonyl (C=O) groups is 1. The molecule has 3 N–H and O–H groups in total. The first-order valence-corrected chi connectivity index (χ1v) is 4.74. The van der Waals surface area contributed by atoms with E-state index in [1.165, 1.54) is 0 Å². The molecule has 2 heterocycles. The summed E-state index contributed by atoms with van der Waals surface area (Å²) >= 11 is 0. The number of carbonyl (C=O) groups excluding carboxylic acids is 1. The summed E-state index contributed by atoms with van der Waals surface area (Å²) < 4.78 is 5.15. The second kappa shape index (κ2) is 3.85. The molecule has 15 heavy (non-hydrogen) atoms. The summed E-state index contributed by atoms with van der Waals surface area (Å²) in [6.07, 6.45) is 0.746. The molecular formula is C8H13N5O2. The molecule has 7 nitrogen and oxygen atoms in total. The standard InChI is InChI=1S/C8H13N5O2/c1-13-3-2-5(7(13)14)10-8-12-11-6(4-9)15-8/h5H,2-4,9H2,1H3,(H,10,12). The van der Waals surface area contributed by atoms with Crippen LogP contribution in [0.15, 0.2) is 4.42 Å². The number of hydrogen-bond donors (Lipinski definition) is 2. The molecule has 1 amide bonds. The summed E-state index contributed by atoms with van der Waals surface area (Å²) in [5.41, 5.74) is 5.32. The van der Waals surface area contributed by atoms with E-state index in [-0.39, 0.29) is 24.5 Å². The minimum absolute atomic E-state index is 0.0440. The van der Waals surface area contributed by atoms with Crippen LogP contribution in [0.1, 0.15) is 12.3 Å². The van der Waals surface area contributed by atoms with Crippen LogP contribution in [0.2, 0.25) is 0 Å². The molecule has 0 bridgehead atoms. The number of likely N-dealkylation sites (tertiary alicyclic amines) is 1. The number of aromatic nitrogens is 2. The van der Waals surface area contributed by atoms with E-state index in [2.05, 4.69) is 15.5 Å². The first kappa shape index (κ1) is 9.91. The fraction of sp³-hybridized carbons (Fsp3) is 0.625. The van der Waals surface area contributed by atoms with E-state index in [0.717, 1.165) is 13.0 Å². The first-order valence-electron chi connectivity index (χ1n) is 4.74. The third-order valence-corrected chi connectivity index (χ3v) is 2.37. The van der Waals surface area contributed by atoms with Crippen molar-refractivity contribution in [3.8, 4) is 0 Å². The van der Waals surface area contributed by atoms with Gasteiger partial charge in [0.1, 0.15) is 6.04 Å². The summed E-state index contributed by atoms with van der Waals surface area (Å²) in [7, 11) is 1.77. The van der Waals surface area contributed by atoms with Crippen LogP contribution in [-0.2, 0) is 11.3 Å². The van der Waals surface area contributed by atoms with Crippen molar-refractivity contribution in [1.29, 1.82) is 0 Å². The van der Waals surface area contributed by atoms with Gasteiger partial charge in [0.25, 0.3) is 0 Å². The number of hydrogen-bond acceptors (Lipinski definition) is 6. The van der Waals surface area contributed by atoms with Crippen molar-refractivity contribution >= 4 is 11.9 Å². The SMILES string of the molecule is CN1CCC(Nc2nnc(CN)o2)C1=O. The van der Waals surface area contributed by atoms with Gasteiger partial charge >= 0.3 is 6.01 Å². The molecule has 0 radical (unpaired) electrons. The maximum Gasteiger partial charge on any atom is 0.316 e. The van der Waals surface area contributed by atoms with E-state index in [4.69, 9.17) is 10.2 Å². The van der Waals surface area contributed by atoms with Gasteiger partial charge in [-0.05, 0) is 6.42 Å². The molecule has 7 heteroatoms. The fourth-order valence-electron chi connectivity index (χ4n) is 1.50. The molecule has 1 atom stereocenters. The molecule has 1 aliphatic heterocycles. The van der Waals surface area contributed by atoms with Gasteiger partial charge in [0.15, 0.2) is 0 Å². The quantitative estimate of drug-likeness (QED) is 0.677. The van der Waals surface area contributed by atoms with Crippen LogP contribution in [-0.4, -0.2) is 40.6 Å². The van der Waals surface area contributed by atoms with E-state index in [1.54, 1.807) is 11.9 Å². The van der Waals surface area contributed by atoms with Crippen LogP contribution >= 0.6 is 0 Å². The average molecular weight is 211 g/mol. The number of nitrogens with zero attached hydrogens (tertiary/aromatic N) is 3. The number of likely N-dealkylation sites (N-methyl/N-ethyl adjacent to an activating group) is 1. The predicted molar refractivity (Wildman–Crippen MR) is 51.9 cm³/mol. The van der Waals surface area contributed by atoms with Gasteiger partial charge < -0.3 is 20.4 Å². The van der Waals surface area contributed by atoms with E-state index in [0.29, 0.717) is 5.89 Å². The topological polar surface area (TPSA) is 97.3 Å². The van der Waals surface area contributed by atoms with Gasteiger partial charge in [-0.2, -0.15) is 0 Å². The Hall–Kier alpha value is -1.63. The summed E-state index contributed by atoms with van der Waals surface area (Å²) in [5, 5.41) is 10.3. The maximum absolute atomic E-state index is 11.5. The minimum atomic E-state index is -0.263. The lowest BCUT2D eigenvalue weighted by atomic mass is 10.2. The summed E-state index contributed by atoms with van der Waals surface area (Å²) in [5.74, 6) is 0.402. The first-order chi connectivity index (χ1) is 7.20. The highest BCUT2D eigenvalue weighted by Gasteiger charge is 2.29. The van der Waals surface area contributed by atoms with Gasteiger partial charge in [-0.25, -0.2) is 0 Å². The Kier molecular flexibility index (Phi) is 2.55. The highest BCUT2D eigenvalue weighted by atomic mass is 16.4. The lowest BCUT2D eigenvalue weighted by Gasteiger charge is -2.09. The van der Waals surface area contributed by atoms with Crippen molar-refractivity contribution in [3.05, 3.63) is 5.89 Å². The van der Waals surface area contributed by atoms with Crippen molar-refractivity contribution in [2.45, 2.75) is 19.0 Å². The largest absolute Gasteiger partial charge is 0.407 e. The zero-order valence-electron chi connectivity index (χ0n) is 8.43. The van der Waals surface area contributed by atoms with Crippen LogP contribution in [0.25, 0.3) is 0 Å². The highest BCUT2D eigenvalue weighted by molar-refractivity contribution is 5.85. The Morgan fingerprint density at radius 3 is 3.00 bits per heavy atom. The monoisotopic (exact) mass is 211 g/mol. The maximum atomic E-state index is 11.5. The van der Waals surface area contributed by atoms with Gasteiger partial charge in [-0.3, -0.25) is 4.79 Å². The van der Waals surface area contributed by atoms with Gasteiger partial charge in [0.05, 0.1) is 6.54 Å². The Balaban J connectivity index is 2.00. The lowest BCUT2D eigenvalue weighted by Crippen LogP contribution is -2.31. The van der Waals surface area contributed by atoms with Crippen LogP contribution in [0.3, 0.4) is 0 Å². The van der Waals surface area contributed by atoms with Crippen LogP contribution in [0.4, 0.5) is 6.01 Å². The molecule has 82 valence electrons. The van der Waals surface area contributed by atoms with Crippen LogP contribution < -0.4 is 11.1 Å². The molecule has 2 rings (SSSR count). The normalized spacial score (nSPS) is 21.1. The summed E-state index contributed by atoms with van der Waals surface area (Å²) in [4.78, 5) is 13.2. The molecule has 1 unspecified atom stereocenters. The lowest BCUT2D eigenvalue weighted by molar-refractivity contribution is -0.127. The van der Waals surface area contributed by atoms with E-state index < -0.39 is 0 Å². The molecule has 1 fully saturated rings. The smallest absolute Gasteiger partial charge is 0.316 e. The Labute approximate surface area is 86.6 Å². The Bertz CT molecular complexity index is 364. The zero-order chi connectivity index (χ0) is 10.8. The average Bonchev–Trinajstić information content (AvgIpc) is 2.80. The minimum Gasteiger partial charge on any atom is -0.407 e. The van der Waals surface area contributed by atoms with Crippen molar-refractivity contribution in [1.82, 2.24) is 15.1 Å². The molecule has 0 spiro atoms. The molecule has 0 aliphatic carbocycles. The number of nitrogens with one attached hydrogen (secondary N) is 1.